The lowest BCUT2D eigenvalue weighted by Gasteiger charge is -2.17. The highest BCUT2D eigenvalue weighted by Gasteiger charge is 2.24. The molecule has 1 saturated carbocycles. The van der Waals surface area contributed by atoms with Crippen LogP contribution in [0.2, 0.25) is 0 Å². The van der Waals surface area contributed by atoms with Gasteiger partial charge in [0, 0.05) is 0 Å². The Balaban J connectivity index is 1.67. The number of hydrogen-bond donors (Lipinski definition) is 1. The maximum absolute atomic E-state index is 9.87. The minimum absolute atomic E-state index is 0.0695. The molecular formula is C16H30O3. The summed E-state index contributed by atoms with van der Waals surface area (Å²) in [5, 5.41) is 9.87. The van der Waals surface area contributed by atoms with Crippen LogP contribution in [0.1, 0.15) is 70.6 Å². The van der Waals surface area contributed by atoms with Gasteiger partial charge in [0.2, 0.25) is 0 Å². The molecule has 0 bridgehead atoms. The summed E-state index contributed by atoms with van der Waals surface area (Å²) in [6.45, 7) is 1.67. The summed E-state index contributed by atoms with van der Waals surface area (Å²) in [5.74, 6) is 0. The summed E-state index contributed by atoms with van der Waals surface area (Å²) in [4.78, 5) is 0. The van der Waals surface area contributed by atoms with Crippen molar-refractivity contribution < 1.29 is 14.6 Å². The first-order valence-electron chi connectivity index (χ1n) is 8.26. The third-order valence-corrected chi connectivity index (χ3v) is 4.30. The van der Waals surface area contributed by atoms with E-state index in [2.05, 4.69) is 0 Å². The predicted molar refractivity (Wildman–Crippen MR) is 76.3 cm³/mol. The first kappa shape index (κ1) is 15.3. The third kappa shape index (κ3) is 7.28. The Hall–Kier alpha value is -0.120. The van der Waals surface area contributed by atoms with E-state index in [1.165, 1.54) is 44.9 Å². The molecule has 3 atom stereocenters. The van der Waals surface area contributed by atoms with Crippen LogP contribution in [-0.2, 0) is 9.47 Å². The molecule has 2 fully saturated rings. The molecule has 2 rings (SSSR count). The Labute approximate surface area is 117 Å². The fraction of sp³-hybridized carbons (Fsp3) is 1.00. The van der Waals surface area contributed by atoms with E-state index in [1.54, 1.807) is 0 Å². The number of hydrogen-bond acceptors (Lipinski definition) is 3. The van der Waals surface area contributed by atoms with Gasteiger partial charge in [-0.25, -0.2) is 0 Å². The van der Waals surface area contributed by atoms with Gasteiger partial charge >= 0.3 is 0 Å². The van der Waals surface area contributed by atoms with Crippen molar-refractivity contribution in [2.24, 2.45) is 0 Å². The van der Waals surface area contributed by atoms with E-state index in [9.17, 15) is 5.11 Å². The molecule has 3 nitrogen and oxygen atoms in total. The van der Waals surface area contributed by atoms with Crippen LogP contribution in [0.4, 0.5) is 0 Å². The molecule has 0 aromatic rings. The van der Waals surface area contributed by atoms with Gasteiger partial charge in [0.05, 0.1) is 25.4 Å². The van der Waals surface area contributed by atoms with E-state index in [4.69, 9.17) is 9.47 Å². The summed E-state index contributed by atoms with van der Waals surface area (Å²) >= 11 is 0. The summed E-state index contributed by atoms with van der Waals surface area (Å²) < 4.78 is 11.2. The van der Waals surface area contributed by atoms with E-state index < -0.39 is 0 Å². The maximum Gasteiger partial charge on any atom is 0.104 e. The quantitative estimate of drug-likeness (QED) is 0.799. The molecule has 0 spiro atoms. The summed E-state index contributed by atoms with van der Waals surface area (Å²) in [6, 6.07) is 0. The van der Waals surface area contributed by atoms with Crippen molar-refractivity contribution >= 4 is 0 Å². The van der Waals surface area contributed by atoms with E-state index in [0.29, 0.717) is 12.2 Å². The highest BCUT2D eigenvalue weighted by Crippen LogP contribution is 2.20. The van der Waals surface area contributed by atoms with Crippen LogP contribution < -0.4 is 0 Å². The van der Waals surface area contributed by atoms with Crippen LogP contribution in [0.5, 0.6) is 0 Å². The van der Waals surface area contributed by atoms with E-state index in [1.807, 2.05) is 0 Å². The van der Waals surface area contributed by atoms with Gasteiger partial charge in [-0.15, -0.1) is 0 Å². The topological polar surface area (TPSA) is 42.0 Å². The second kappa shape index (κ2) is 8.93. The van der Waals surface area contributed by atoms with Crippen molar-refractivity contribution in [3.63, 3.8) is 0 Å². The Kier molecular flexibility index (Phi) is 7.18. The normalized spacial score (nSPS) is 34.9. The lowest BCUT2D eigenvalue weighted by Crippen LogP contribution is -2.16. The van der Waals surface area contributed by atoms with E-state index in [0.717, 1.165) is 38.9 Å². The first-order chi connectivity index (χ1) is 9.34. The van der Waals surface area contributed by atoms with Crippen LogP contribution in [0, 0.1) is 0 Å². The second-order valence-electron chi connectivity index (χ2n) is 6.19. The zero-order valence-electron chi connectivity index (χ0n) is 12.2. The Bertz CT molecular complexity index is 228. The molecule has 1 aliphatic carbocycles. The molecule has 2 aliphatic rings. The van der Waals surface area contributed by atoms with Gasteiger partial charge in [0.25, 0.3) is 0 Å². The van der Waals surface area contributed by atoms with Crippen molar-refractivity contribution in [2.75, 3.05) is 13.2 Å². The van der Waals surface area contributed by atoms with Crippen LogP contribution in [-0.4, -0.2) is 36.6 Å². The Morgan fingerprint density at radius 2 is 1.37 bits per heavy atom. The molecule has 1 heterocycles. The molecule has 1 saturated heterocycles. The standard InChI is InChI=1S/C16H30O3/c17-14-8-4-2-1-3-5-10-15(11-7-6-9-14)18-12-16-13-19-16/h14-17H,1-13H2. The lowest BCUT2D eigenvalue weighted by molar-refractivity contribution is 0.0283. The molecule has 19 heavy (non-hydrogen) atoms. The molecule has 1 N–H and O–H groups in total. The summed E-state index contributed by atoms with van der Waals surface area (Å²) in [6.07, 6.45) is 13.8. The van der Waals surface area contributed by atoms with Gasteiger partial charge in [-0.3, -0.25) is 0 Å². The molecule has 1 aliphatic heterocycles. The van der Waals surface area contributed by atoms with Crippen LogP contribution >= 0.6 is 0 Å². The monoisotopic (exact) mass is 270 g/mol. The maximum atomic E-state index is 9.87. The fourth-order valence-corrected chi connectivity index (χ4v) is 2.90. The number of rotatable bonds is 3. The molecule has 3 heteroatoms. The highest BCUT2D eigenvalue weighted by molar-refractivity contribution is 4.70. The smallest absolute Gasteiger partial charge is 0.104 e. The van der Waals surface area contributed by atoms with Crippen molar-refractivity contribution in [1.29, 1.82) is 0 Å². The largest absolute Gasteiger partial charge is 0.393 e. The number of aliphatic hydroxyl groups excluding tert-OH is 1. The molecule has 0 aromatic heterocycles. The summed E-state index contributed by atoms with van der Waals surface area (Å²) in [5.41, 5.74) is 0. The summed E-state index contributed by atoms with van der Waals surface area (Å²) in [7, 11) is 0. The molecule has 0 aromatic carbocycles. The SMILES string of the molecule is OC1CCCCCCCC(OCC2CO2)CCCC1. The zero-order chi connectivity index (χ0) is 13.3. The lowest BCUT2D eigenvalue weighted by atomic mass is 10.0. The average molecular weight is 270 g/mol. The van der Waals surface area contributed by atoms with Gasteiger partial charge in [-0.2, -0.15) is 0 Å². The van der Waals surface area contributed by atoms with Gasteiger partial charge < -0.3 is 14.6 Å². The van der Waals surface area contributed by atoms with Crippen molar-refractivity contribution in [3.8, 4) is 0 Å². The zero-order valence-corrected chi connectivity index (χ0v) is 12.2. The first-order valence-corrected chi connectivity index (χ1v) is 8.26. The third-order valence-electron chi connectivity index (χ3n) is 4.30. The Morgan fingerprint density at radius 3 is 2.05 bits per heavy atom. The van der Waals surface area contributed by atoms with Gasteiger partial charge in [-0.1, -0.05) is 44.9 Å². The molecule has 112 valence electrons. The van der Waals surface area contributed by atoms with Crippen LogP contribution in [0.25, 0.3) is 0 Å². The number of epoxide rings is 1. The molecular weight excluding hydrogens is 240 g/mol. The van der Waals surface area contributed by atoms with Crippen LogP contribution in [0.15, 0.2) is 0 Å². The minimum Gasteiger partial charge on any atom is -0.393 e. The van der Waals surface area contributed by atoms with Gasteiger partial charge in [0.1, 0.15) is 6.10 Å². The van der Waals surface area contributed by atoms with Gasteiger partial charge in [0.15, 0.2) is 0 Å². The average Bonchev–Trinajstić information content (AvgIpc) is 3.21. The van der Waals surface area contributed by atoms with Crippen molar-refractivity contribution in [2.45, 2.75) is 88.9 Å². The van der Waals surface area contributed by atoms with Crippen LogP contribution in [0.3, 0.4) is 0 Å². The van der Waals surface area contributed by atoms with Crippen molar-refractivity contribution in [3.05, 3.63) is 0 Å². The Morgan fingerprint density at radius 1 is 0.842 bits per heavy atom. The second-order valence-corrected chi connectivity index (χ2v) is 6.19. The highest BCUT2D eigenvalue weighted by atomic mass is 16.6. The predicted octanol–water partition coefficient (Wildman–Crippen LogP) is 3.44. The van der Waals surface area contributed by atoms with E-state index in [-0.39, 0.29) is 6.10 Å². The van der Waals surface area contributed by atoms with E-state index >= 15 is 0 Å². The van der Waals surface area contributed by atoms with Gasteiger partial charge in [-0.05, 0) is 25.7 Å². The molecule has 0 radical (unpaired) electrons. The minimum atomic E-state index is -0.0695. The fourth-order valence-electron chi connectivity index (χ4n) is 2.90. The number of aliphatic hydroxyl groups is 1. The molecule has 3 unspecified atom stereocenters. The number of ether oxygens (including phenoxy) is 2. The molecule has 0 amide bonds. The van der Waals surface area contributed by atoms with Crippen molar-refractivity contribution in [1.82, 2.24) is 0 Å².